The van der Waals surface area contributed by atoms with Gasteiger partial charge >= 0.3 is 0 Å². The van der Waals surface area contributed by atoms with Crippen LogP contribution in [0.1, 0.15) is 41.0 Å². The summed E-state index contributed by atoms with van der Waals surface area (Å²) in [5.74, 6) is -0.0548. The summed E-state index contributed by atoms with van der Waals surface area (Å²) < 4.78 is 2.15. The third-order valence-electron chi connectivity index (χ3n) is 6.70. The van der Waals surface area contributed by atoms with E-state index < -0.39 is 0 Å². The zero-order chi connectivity index (χ0) is 25.9. The second kappa shape index (κ2) is 10.7. The molecular formula is C29H28ClN5OS. The fourth-order valence-electron chi connectivity index (χ4n) is 4.76. The molecule has 1 saturated heterocycles. The van der Waals surface area contributed by atoms with Crippen LogP contribution in [0.5, 0.6) is 0 Å². The molecule has 5 rings (SSSR count). The summed E-state index contributed by atoms with van der Waals surface area (Å²) in [5, 5.41) is 7.83. The highest BCUT2D eigenvalue weighted by atomic mass is 35.5. The van der Waals surface area contributed by atoms with Crippen molar-refractivity contribution in [3.05, 3.63) is 113 Å². The fraction of sp³-hybridized carbons (Fsp3) is 0.207. The van der Waals surface area contributed by atoms with Gasteiger partial charge in [-0.05, 0) is 85.7 Å². The molecule has 1 aliphatic heterocycles. The molecule has 37 heavy (non-hydrogen) atoms. The van der Waals surface area contributed by atoms with Crippen LogP contribution in [0.2, 0.25) is 5.02 Å². The zero-order valence-corrected chi connectivity index (χ0v) is 22.3. The molecule has 2 aromatic carbocycles. The molecule has 2 atom stereocenters. The van der Waals surface area contributed by atoms with Crippen molar-refractivity contribution in [3.63, 3.8) is 0 Å². The van der Waals surface area contributed by atoms with E-state index in [1.54, 1.807) is 6.20 Å². The predicted molar refractivity (Wildman–Crippen MR) is 152 cm³/mol. The molecule has 6 nitrogen and oxygen atoms in total. The molecule has 8 heteroatoms. The summed E-state index contributed by atoms with van der Waals surface area (Å²) in [6.07, 6.45) is 4.12. The Morgan fingerprint density at radius 1 is 1.05 bits per heavy atom. The molecule has 188 valence electrons. The number of aryl methyl sites for hydroxylation is 2. The number of amides is 1. The van der Waals surface area contributed by atoms with Crippen molar-refractivity contribution in [2.45, 2.75) is 32.4 Å². The summed E-state index contributed by atoms with van der Waals surface area (Å²) in [4.78, 5) is 19.6. The van der Waals surface area contributed by atoms with E-state index >= 15 is 0 Å². The number of para-hydroxylation sites is 1. The van der Waals surface area contributed by atoms with Crippen molar-refractivity contribution in [2.24, 2.45) is 0 Å². The number of benzene rings is 2. The molecule has 3 heterocycles. The second-order valence-electron chi connectivity index (χ2n) is 9.17. The Bertz CT molecular complexity index is 1440. The van der Waals surface area contributed by atoms with Crippen LogP contribution >= 0.6 is 23.8 Å². The number of rotatable bonds is 7. The number of thiocarbonyl (C=S) groups is 1. The van der Waals surface area contributed by atoms with Crippen LogP contribution in [0.4, 0.5) is 5.69 Å². The summed E-state index contributed by atoms with van der Waals surface area (Å²) >= 11 is 12.1. The topological polar surface area (TPSA) is 62.2 Å². The van der Waals surface area contributed by atoms with Gasteiger partial charge in [0.2, 0.25) is 5.91 Å². The quantitative estimate of drug-likeness (QED) is 0.281. The molecule has 2 aromatic heterocycles. The Kier molecular flexibility index (Phi) is 7.26. The molecule has 1 amide bonds. The standard InChI is InChI=1S/C29H28ClN5OS/c1-19-8-3-4-9-23(19)32-26(36)14-17-35-28(27(33-29(35)37)24-10-5-6-15-31-24)25-11-7-16-34(25)21-12-13-22(30)20(2)18-21/h3-13,15-16,18,27-28H,14,17H2,1-2H3,(H,32,36)(H,33,37)/t27-,28+/m0/s1. The average Bonchev–Trinajstić information content (AvgIpc) is 3.50. The molecule has 0 aliphatic carbocycles. The molecule has 0 spiro atoms. The van der Waals surface area contributed by atoms with Crippen molar-refractivity contribution in [2.75, 3.05) is 11.9 Å². The first-order chi connectivity index (χ1) is 17.9. The Labute approximate surface area is 227 Å². The van der Waals surface area contributed by atoms with Gasteiger partial charge in [-0.25, -0.2) is 0 Å². The summed E-state index contributed by atoms with van der Waals surface area (Å²) in [7, 11) is 0. The van der Waals surface area contributed by atoms with Gasteiger partial charge in [-0.1, -0.05) is 35.9 Å². The first-order valence-electron chi connectivity index (χ1n) is 12.2. The molecule has 2 N–H and O–H groups in total. The van der Waals surface area contributed by atoms with Gasteiger partial charge in [-0.3, -0.25) is 9.78 Å². The van der Waals surface area contributed by atoms with Crippen molar-refractivity contribution in [1.29, 1.82) is 0 Å². The SMILES string of the molecule is Cc1cc(-n2cccc2[C@@H]2[C@H](c3ccccn3)NC(=S)N2CCC(=O)Nc2ccccc2C)ccc1Cl. The zero-order valence-electron chi connectivity index (χ0n) is 20.7. The third kappa shape index (κ3) is 5.24. The predicted octanol–water partition coefficient (Wildman–Crippen LogP) is 6.14. The van der Waals surface area contributed by atoms with E-state index in [0.717, 1.165) is 38.9 Å². The lowest BCUT2D eigenvalue weighted by atomic mass is 10.0. The Morgan fingerprint density at radius 2 is 1.86 bits per heavy atom. The number of anilines is 1. The number of halogens is 1. The van der Waals surface area contributed by atoms with E-state index in [-0.39, 0.29) is 18.0 Å². The molecule has 1 aliphatic rings. The van der Waals surface area contributed by atoms with Gasteiger partial charge in [-0.15, -0.1) is 0 Å². The average molecular weight is 530 g/mol. The van der Waals surface area contributed by atoms with Gasteiger partial charge in [0.1, 0.15) is 0 Å². The van der Waals surface area contributed by atoms with Crippen LogP contribution < -0.4 is 10.6 Å². The smallest absolute Gasteiger partial charge is 0.226 e. The van der Waals surface area contributed by atoms with Crippen molar-refractivity contribution in [3.8, 4) is 5.69 Å². The van der Waals surface area contributed by atoms with Gasteiger partial charge < -0.3 is 20.1 Å². The van der Waals surface area contributed by atoms with Crippen molar-refractivity contribution >= 4 is 40.5 Å². The maximum atomic E-state index is 12.9. The first-order valence-corrected chi connectivity index (χ1v) is 13.0. The molecule has 0 saturated carbocycles. The number of nitrogens with one attached hydrogen (secondary N) is 2. The summed E-state index contributed by atoms with van der Waals surface area (Å²) in [6, 6.07) is 23.4. The minimum atomic E-state index is -0.171. The molecule has 1 fully saturated rings. The van der Waals surface area contributed by atoms with Crippen LogP contribution in [0.15, 0.2) is 85.2 Å². The second-order valence-corrected chi connectivity index (χ2v) is 9.96. The lowest BCUT2D eigenvalue weighted by Gasteiger charge is -2.29. The molecule has 0 radical (unpaired) electrons. The minimum absolute atomic E-state index is 0.0548. The first kappa shape index (κ1) is 25.0. The van der Waals surface area contributed by atoms with E-state index in [9.17, 15) is 4.79 Å². The molecule has 0 unspecified atom stereocenters. The Hall–Kier alpha value is -3.68. The third-order valence-corrected chi connectivity index (χ3v) is 7.48. The van der Waals surface area contributed by atoms with E-state index in [2.05, 4.69) is 37.2 Å². The largest absolute Gasteiger partial charge is 0.352 e. The van der Waals surface area contributed by atoms with Crippen LogP contribution in [0.25, 0.3) is 5.69 Å². The molecular weight excluding hydrogens is 502 g/mol. The Morgan fingerprint density at radius 3 is 2.62 bits per heavy atom. The lowest BCUT2D eigenvalue weighted by Crippen LogP contribution is -2.33. The Balaban J connectivity index is 1.46. The van der Waals surface area contributed by atoms with Crippen LogP contribution in [0, 0.1) is 13.8 Å². The highest BCUT2D eigenvalue weighted by molar-refractivity contribution is 7.80. The number of aromatic nitrogens is 2. The van der Waals surface area contributed by atoms with E-state index in [1.165, 1.54) is 0 Å². The van der Waals surface area contributed by atoms with Gasteiger partial charge in [0, 0.05) is 47.5 Å². The number of nitrogens with zero attached hydrogens (tertiary/aromatic N) is 3. The minimum Gasteiger partial charge on any atom is -0.352 e. The number of hydrogen-bond donors (Lipinski definition) is 2. The number of carbonyl (C=O) groups excluding carboxylic acids is 1. The van der Waals surface area contributed by atoms with Crippen molar-refractivity contribution < 1.29 is 4.79 Å². The van der Waals surface area contributed by atoms with E-state index in [0.29, 0.717) is 18.1 Å². The van der Waals surface area contributed by atoms with E-state index in [1.807, 2.05) is 80.7 Å². The molecule has 4 aromatic rings. The number of carbonyl (C=O) groups is 1. The van der Waals surface area contributed by atoms with E-state index in [4.69, 9.17) is 23.8 Å². The lowest BCUT2D eigenvalue weighted by molar-refractivity contribution is -0.116. The normalized spacial score (nSPS) is 17.1. The highest BCUT2D eigenvalue weighted by Crippen LogP contribution is 2.39. The summed E-state index contributed by atoms with van der Waals surface area (Å²) in [6.45, 7) is 4.44. The van der Waals surface area contributed by atoms with Crippen molar-refractivity contribution in [1.82, 2.24) is 19.8 Å². The number of pyridine rings is 1. The highest BCUT2D eigenvalue weighted by Gasteiger charge is 2.41. The van der Waals surface area contributed by atoms with Gasteiger partial charge in [0.15, 0.2) is 5.11 Å². The van der Waals surface area contributed by atoms with Crippen LogP contribution in [0.3, 0.4) is 0 Å². The van der Waals surface area contributed by atoms with Gasteiger partial charge in [-0.2, -0.15) is 0 Å². The summed E-state index contributed by atoms with van der Waals surface area (Å²) in [5.41, 5.74) is 5.80. The number of hydrogen-bond acceptors (Lipinski definition) is 3. The maximum Gasteiger partial charge on any atom is 0.226 e. The van der Waals surface area contributed by atoms with Gasteiger partial charge in [0.05, 0.1) is 17.8 Å². The monoisotopic (exact) mass is 529 g/mol. The molecule has 0 bridgehead atoms. The van der Waals surface area contributed by atoms with Crippen LogP contribution in [-0.2, 0) is 4.79 Å². The van der Waals surface area contributed by atoms with Gasteiger partial charge in [0.25, 0.3) is 0 Å². The van der Waals surface area contributed by atoms with Crippen LogP contribution in [-0.4, -0.2) is 32.0 Å². The fourth-order valence-corrected chi connectivity index (χ4v) is 5.21. The maximum absolute atomic E-state index is 12.9.